The maximum Gasteiger partial charge on any atom is 0.303 e. The van der Waals surface area contributed by atoms with Crippen LogP contribution in [0.5, 0.6) is 5.75 Å². The SMILES string of the molecule is CN(C)CCC(Oc1ccc(Cl)cc1)c1cc(Cl)cs1.O=C(O)CCC(=O)O. The number of rotatable bonds is 9. The Morgan fingerprint density at radius 1 is 1.07 bits per heavy atom. The molecule has 1 aromatic carbocycles. The predicted octanol–water partition coefficient (Wildman–Crippen LogP) is 5.06. The Labute approximate surface area is 178 Å². The van der Waals surface area contributed by atoms with Gasteiger partial charge in [0, 0.05) is 28.2 Å². The van der Waals surface area contributed by atoms with Crippen molar-refractivity contribution in [2.45, 2.75) is 25.4 Å². The number of carbonyl (C=O) groups is 2. The number of carboxylic acids is 2. The zero-order chi connectivity index (χ0) is 21.1. The molecule has 0 saturated carbocycles. The Morgan fingerprint density at radius 3 is 2.07 bits per heavy atom. The van der Waals surface area contributed by atoms with Crippen LogP contribution in [0.3, 0.4) is 0 Å². The average Bonchev–Trinajstić information content (AvgIpc) is 3.05. The van der Waals surface area contributed by atoms with Crippen LogP contribution in [0.15, 0.2) is 35.7 Å². The van der Waals surface area contributed by atoms with E-state index < -0.39 is 11.9 Å². The molecule has 1 unspecified atom stereocenters. The van der Waals surface area contributed by atoms with Crippen molar-refractivity contribution in [1.82, 2.24) is 4.90 Å². The van der Waals surface area contributed by atoms with E-state index in [9.17, 15) is 9.59 Å². The summed E-state index contributed by atoms with van der Waals surface area (Å²) in [7, 11) is 4.11. The molecule has 0 spiro atoms. The summed E-state index contributed by atoms with van der Waals surface area (Å²) in [4.78, 5) is 22.6. The Kier molecular flexibility index (Phi) is 10.9. The highest BCUT2D eigenvalue weighted by atomic mass is 35.5. The average molecular weight is 448 g/mol. The molecule has 28 heavy (non-hydrogen) atoms. The number of benzene rings is 1. The second-order valence-electron chi connectivity index (χ2n) is 6.11. The summed E-state index contributed by atoms with van der Waals surface area (Å²) in [5.74, 6) is -1.33. The lowest BCUT2D eigenvalue weighted by atomic mass is 10.2. The molecule has 0 aliphatic rings. The predicted molar refractivity (Wildman–Crippen MR) is 112 cm³/mol. The molecule has 2 N–H and O–H groups in total. The van der Waals surface area contributed by atoms with Gasteiger partial charge in [0.1, 0.15) is 11.9 Å². The molecule has 0 aliphatic carbocycles. The summed E-state index contributed by atoms with van der Waals surface area (Å²) in [6.07, 6.45) is 0.327. The number of ether oxygens (including phenoxy) is 1. The standard InChI is InChI=1S/C15H17Cl2NOS.C4H6O4/c1-18(2)8-7-14(15-9-12(17)10-20-15)19-13-5-3-11(16)4-6-13;5-3(6)1-2-4(7)8/h3-6,9-10,14H,7-8H2,1-2H3;1-2H2,(H,5,6)(H,7,8). The lowest BCUT2D eigenvalue weighted by Crippen LogP contribution is -2.18. The zero-order valence-corrected chi connectivity index (χ0v) is 17.9. The normalized spacial score (nSPS) is 11.5. The minimum Gasteiger partial charge on any atom is -0.485 e. The maximum absolute atomic E-state index is 9.64. The summed E-state index contributed by atoms with van der Waals surface area (Å²) in [6, 6.07) is 9.42. The molecule has 6 nitrogen and oxygen atoms in total. The fraction of sp³-hybridized carbons (Fsp3) is 0.368. The van der Waals surface area contributed by atoms with Crippen molar-refractivity contribution < 1.29 is 24.5 Å². The van der Waals surface area contributed by atoms with E-state index in [-0.39, 0.29) is 18.9 Å². The number of hydrogen-bond acceptors (Lipinski definition) is 5. The Bertz CT molecular complexity index is 735. The number of halogens is 2. The van der Waals surface area contributed by atoms with Gasteiger partial charge in [0.05, 0.1) is 17.9 Å². The van der Waals surface area contributed by atoms with Gasteiger partial charge in [0.15, 0.2) is 0 Å². The van der Waals surface area contributed by atoms with E-state index in [0.29, 0.717) is 5.02 Å². The van der Waals surface area contributed by atoms with Crippen LogP contribution in [0.4, 0.5) is 0 Å². The van der Waals surface area contributed by atoms with Crippen LogP contribution in [0.1, 0.15) is 30.2 Å². The molecule has 9 heteroatoms. The number of hydrogen-bond donors (Lipinski definition) is 2. The highest BCUT2D eigenvalue weighted by Crippen LogP contribution is 2.31. The highest BCUT2D eigenvalue weighted by Gasteiger charge is 2.16. The third kappa shape index (κ3) is 10.5. The molecule has 2 aromatic rings. The molecule has 0 fully saturated rings. The van der Waals surface area contributed by atoms with Crippen LogP contribution in [0.2, 0.25) is 10.0 Å². The third-order valence-electron chi connectivity index (χ3n) is 3.39. The molecule has 0 aliphatic heterocycles. The molecule has 0 amide bonds. The second kappa shape index (κ2) is 12.6. The van der Waals surface area contributed by atoms with Crippen LogP contribution >= 0.6 is 34.5 Å². The van der Waals surface area contributed by atoms with Gasteiger partial charge in [-0.1, -0.05) is 23.2 Å². The minimum atomic E-state index is -1.08. The van der Waals surface area contributed by atoms with Crippen LogP contribution in [0.25, 0.3) is 0 Å². The van der Waals surface area contributed by atoms with Crippen molar-refractivity contribution in [3.05, 3.63) is 50.6 Å². The molecule has 2 rings (SSSR count). The summed E-state index contributed by atoms with van der Waals surface area (Å²) in [5.41, 5.74) is 0. The van der Waals surface area contributed by atoms with Crippen molar-refractivity contribution in [1.29, 1.82) is 0 Å². The summed E-state index contributed by atoms with van der Waals surface area (Å²) >= 11 is 13.5. The molecule has 154 valence electrons. The van der Waals surface area contributed by atoms with Crippen LogP contribution in [0, 0.1) is 0 Å². The Morgan fingerprint density at radius 2 is 1.64 bits per heavy atom. The maximum atomic E-state index is 9.64. The van der Waals surface area contributed by atoms with Crippen molar-refractivity contribution in [3.8, 4) is 5.75 Å². The molecule has 1 atom stereocenters. The van der Waals surface area contributed by atoms with E-state index in [4.69, 9.17) is 38.2 Å². The number of aliphatic carboxylic acids is 2. The molecular weight excluding hydrogens is 425 g/mol. The third-order valence-corrected chi connectivity index (χ3v) is 5.01. The quantitative estimate of drug-likeness (QED) is 0.558. The van der Waals surface area contributed by atoms with Crippen LogP contribution in [-0.2, 0) is 9.59 Å². The van der Waals surface area contributed by atoms with E-state index in [1.54, 1.807) is 11.3 Å². The second-order valence-corrected chi connectivity index (χ2v) is 7.92. The van der Waals surface area contributed by atoms with E-state index >= 15 is 0 Å². The van der Waals surface area contributed by atoms with Gasteiger partial charge < -0.3 is 19.8 Å². The number of nitrogens with zero attached hydrogens (tertiary/aromatic N) is 1. The van der Waals surface area contributed by atoms with Gasteiger partial charge in [-0.05, 0) is 44.4 Å². The molecular formula is C19H23Cl2NO5S. The van der Waals surface area contributed by atoms with Gasteiger partial charge in [-0.2, -0.15) is 0 Å². The van der Waals surface area contributed by atoms with E-state index in [2.05, 4.69) is 19.0 Å². The number of carboxylic acid groups (broad SMARTS) is 2. The Balaban J connectivity index is 0.000000416. The minimum absolute atomic E-state index is 0.0103. The van der Waals surface area contributed by atoms with Crippen LogP contribution < -0.4 is 4.74 Å². The van der Waals surface area contributed by atoms with Gasteiger partial charge in [-0.25, -0.2) is 0 Å². The van der Waals surface area contributed by atoms with Gasteiger partial charge in [-0.3, -0.25) is 9.59 Å². The topological polar surface area (TPSA) is 87.1 Å². The molecule has 1 heterocycles. The Hall–Kier alpha value is -1.80. The van der Waals surface area contributed by atoms with Gasteiger partial charge in [0.2, 0.25) is 0 Å². The van der Waals surface area contributed by atoms with E-state index in [0.717, 1.165) is 28.6 Å². The largest absolute Gasteiger partial charge is 0.485 e. The molecule has 0 bridgehead atoms. The summed E-state index contributed by atoms with van der Waals surface area (Å²) < 4.78 is 6.09. The van der Waals surface area contributed by atoms with Crippen molar-refractivity contribution in [2.24, 2.45) is 0 Å². The first-order valence-corrected chi connectivity index (χ1v) is 10.1. The smallest absolute Gasteiger partial charge is 0.303 e. The van der Waals surface area contributed by atoms with Crippen molar-refractivity contribution in [3.63, 3.8) is 0 Å². The van der Waals surface area contributed by atoms with Gasteiger partial charge in [0.25, 0.3) is 0 Å². The van der Waals surface area contributed by atoms with E-state index in [1.165, 1.54) is 0 Å². The zero-order valence-electron chi connectivity index (χ0n) is 15.6. The monoisotopic (exact) mass is 447 g/mol. The summed E-state index contributed by atoms with van der Waals surface area (Å²) in [5, 5.41) is 19.2. The van der Waals surface area contributed by atoms with Crippen molar-refractivity contribution >= 4 is 46.5 Å². The van der Waals surface area contributed by atoms with Gasteiger partial charge >= 0.3 is 11.9 Å². The molecule has 1 aromatic heterocycles. The first-order chi connectivity index (χ1) is 13.2. The molecule has 0 radical (unpaired) electrons. The highest BCUT2D eigenvalue weighted by molar-refractivity contribution is 7.10. The van der Waals surface area contributed by atoms with Gasteiger partial charge in [-0.15, -0.1) is 11.3 Å². The number of thiophene rings is 1. The van der Waals surface area contributed by atoms with Crippen LogP contribution in [-0.4, -0.2) is 47.7 Å². The fourth-order valence-corrected chi connectivity index (χ4v) is 3.29. The fourth-order valence-electron chi connectivity index (χ4n) is 2.02. The lowest BCUT2D eigenvalue weighted by molar-refractivity contribution is -0.143. The van der Waals surface area contributed by atoms with E-state index in [1.807, 2.05) is 35.7 Å². The lowest BCUT2D eigenvalue weighted by Gasteiger charge is -2.20. The first-order valence-electron chi connectivity index (χ1n) is 8.42. The molecule has 0 saturated heterocycles. The van der Waals surface area contributed by atoms with Crippen molar-refractivity contribution in [2.75, 3.05) is 20.6 Å². The first kappa shape index (κ1) is 24.2. The summed E-state index contributed by atoms with van der Waals surface area (Å²) in [6.45, 7) is 0.952.